The van der Waals surface area contributed by atoms with E-state index in [2.05, 4.69) is 19.2 Å². The van der Waals surface area contributed by atoms with Crippen LogP contribution in [0, 0.1) is 12.7 Å². The molecule has 0 saturated carbocycles. The van der Waals surface area contributed by atoms with E-state index < -0.39 is 0 Å². The molecule has 114 valence electrons. The second-order valence-electron chi connectivity index (χ2n) is 5.22. The molecule has 1 N–H and O–H groups in total. The van der Waals surface area contributed by atoms with Gasteiger partial charge in [-0.1, -0.05) is 38.5 Å². The highest BCUT2D eigenvalue weighted by Crippen LogP contribution is 2.36. The standard InChI is InChI=1S/C17H28FNO/c1-6-17(7-2,20-9-4)16(19-8-3)14-12-13(5)10-11-15(14)18/h10-12,16,19H,6-9H2,1-5H3. The van der Waals surface area contributed by atoms with Crippen LogP contribution < -0.4 is 5.32 Å². The molecule has 3 heteroatoms. The Morgan fingerprint density at radius 2 is 1.85 bits per heavy atom. The summed E-state index contributed by atoms with van der Waals surface area (Å²) in [6, 6.07) is 5.17. The fourth-order valence-electron chi connectivity index (χ4n) is 2.90. The summed E-state index contributed by atoms with van der Waals surface area (Å²) in [5.74, 6) is -0.160. The smallest absolute Gasteiger partial charge is 0.128 e. The van der Waals surface area contributed by atoms with Gasteiger partial charge in [0.1, 0.15) is 5.82 Å². The Kier molecular flexibility index (Phi) is 6.63. The minimum absolute atomic E-state index is 0.123. The van der Waals surface area contributed by atoms with Gasteiger partial charge in [-0.3, -0.25) is 0 Å². The third-order valence-electron chi connectivity index (χ3n) is 4.03. The molecular formula is C17H28FNO. The number of hydrogen-bond donors (Lipinski definition) is 1. The molecule has 0 saturated heterocycles. The van der Waals surface area contributed by atoms with Gasteiger partial charge in [0, 0.05) is 12.2 Å². The van der Waals surface area contributed by atoms with Crippen molar-refractivity contribution < 1.29 is 9.13 Å². The van der Waals surface area contributed by atoms with Gasteiger partial charge in [0.05, 0.1) is 11.6 Å². The number of nitrogens with one attached hydrogen (secondary N) is 1. The zero-order valence-corrected chi connectivity index (χ0v) is 13.4. The predicted octanol–water partition coefficient (Wildman–Crippen LogP) is 4.38. The van der Waals surface area contributed by atoms with Gasteiger partial charge in [-0.2, -0.15) is 0 Å². The van der Waals surface area contributed by atoms with Gasteiger partial charge in [0.15, 0.2) is 0 Å². The first-order chi connectivity index (χ1) is 9.54. The molecule has 1 unspecified atom stereocenters. The second kappa shape index (κ2) is 7.75. The lowest BCUT2D eigenvalue weighted by Gasteiger charge is -2.40. The van der Waals surface area contributed by atoms with Crippen LogP contribution >= 0.6 is 0 Å². The van der Waals surface area contributed by atoms with E-state index >= 15 is 0 Å². The summed E-state index contributed by atoms with van der Waals surface area (Å²) in [6.07, 6.45) is 1.70. The van der Waals surface area contributed by atoms with Gasteiger partial charge in [0.25, 0.3) is 0 Å². The largest absolute Gasteiger partial charge is 0.373 e. The molecule has 1 aromatic rings. The molecule has 0 fully saturated rings. The molecule has 0 heterocycles. The summed E-state index contributed by atoms with van der Waals surface area (Å²) < 4.78 is 20.4. The maximum absolute atomic E-state index is 14.3. The van der Waals surface area contributed by atoms with Crippen LogP contribution in [0.3, 0.4) is 0 Å². The lowest BCUT2D eigenvalue weighted by molar-refractivity contribution is -0.0737. The van der Waals surface area contributed by atoms with E-state index in [-0.39, 0.29) is 17.5 Å². The third-order valence-corrected chi connectivity index (χ3v) is 4.03. The fraction of sp³-hybridized carbons (Fsp3) is 0.647. The van der Waals surface area contributed by atoms with Crippen molar-refractivity contribution in [1.29, 1.82) is 0 Å². The van der Waals surface area contributed by atoms with E-state index in [1.54, 1.807) is 6.07 Å². The number of likely N-dealkylation sites (N-methyl/N-ethyl adjacent to an activating group) is 1. The maximum Gasteiger partial charge on any atom is 0.128 e. The minimum Gasteiger partial charge on any atom is -0.373 e. The first-order valence-corrected chi connectivity index (χ1v) is 7.67. The number of aryl methyl sites for hydroxylation is 1. The molecule has 2 nitrogen and oxygen atoms in total. The Morgan fingerprint density at radius 3 is 2.35 bits per heavy atom. The van der Waals surface area contributed by atoms with E-state index in [1.165, 1.54) is 0 Å². The number of halogens is 1. The molecule has 1 rings (SSSR count). The lowest BCUT2D eigenvalue weighted by atomic mass is 9.83. The summed E-state index contributed by atoms with van der Waals surface area (Å²) >= 11 is 0. The van der Waals surface area contributed by atoms with Crippen molar-refractivity contribution >= 4 is 0 Å². The molecule has 20 heavy (non-hydrogen) atoms. The molecular weight excluding hydrogens is 253 g/mol. The van der Waals surface area contributed by atoms with Gasteiger partial charge in [-0.05, 0) is 39.3 Å². The van der Waals surface area contributed by atoms with E-state index in [4.69, 9.17) is 4.74 Å². The van der Waals surface area contributed by atoms with Crippen molar-refractivity contribution in [2.24, 2.45) is 0 Å². The summed E-state index contributed by atoms with van der Waals surface area (Å²) in [4.78, 5) is 0. The van der Waals surface area contributed by atoms with Crippen LogP contribution in [0.25, 0.3) is 0 Å². The Hall–Kier alpha value is -0.930. The Labute approximate surface area is 122 Å². The molecule has 0 aliphatic rings. The highest BCUT2D eigenvalue weighted by Gasteiger charge is 2.38. The lowest BCUT2D eigenvalue weighted by Crippen LogP contribution is -2.46. The van der Waals surface area contributed by atoms with Gasteiger partial charge >= 0.3 is 0 Å². The van der Waals surface area contributed by atoms with Crippen molar-refractivity contribution in [3.05, 3.63) is 35.1 Å². The molecule has 0 aliphatic carbocycles. The zero-order chi connectivity index (χ0) is 15.2. The summed E-state index contributed by atoms with van der Waals surface area (Å²) in [5, 5.41) is 3.43. The maximum atomic E-state index is 14.3. The number of ether oxygens (including phenoxy) is 1. The number of rotatable bonds is 8. The zero-order valence-electron chi connectivity index (χ0n) is 13.4. The molecule has 0 aliphatic heterocycles. The van der Waals surface area contributed by atoms with Crippen molar-refractivity contribution in [2.75, 3.05) is 13.2 Å². The van der Waals surface area contributed by atoms with Crippen LogP contribution in [-0.4, -0.2) is 18.8 Å². The van der Waals surface area contributed by atoms with Crippen molar-refractivity contribution in [3.8, 4) is 0 Å². The molecule has 0 radical (unpaired) electrons. The first-order valence-electron chi connectivity index (χ1n) is 7.67. The first kappa shape index (κ1) is 17.1. The van der Waals surface area contributed by atoms with Gasteiger partial charge in [0.2, 0.25) is 0 Å². The molecule has 1 atom stereocenters. The predicted molar refractivity (Wildman–Crippen MR) is 82.5 cm³/mol. The van der Waals surface area contributed by atoms with Crippen LogP contribution in [0.1, 0.15) is 57.7 Å². The second-order valence-corrected chi connectivity index (χ2v) is 5.22. The number of benzene rings is 1. The van der Waals surface area contributed by atoms with Gasteiger partial charge in [-0.25, -0.2) is 4.39 Å². The van der Waals surface area contributed by atoms with Crippen LogP contribution in [0.15, 0.2) is 18.2 Å². The quantitative estimate of drug-likeness (QED) is 0.763. The van der Waals surface area contributed by atoms with Crippen LogP contribution in [0.5, 0.6) is 0 Å². The Morgan fingerprint density at radius 1 is 1.20 bits per heavy atom. The highest BCUT2D eigenvalue weighted by atomic mass is 19.1. The number of hydrogen-bond acceptors (Lipinski definition) is 2. The van der Waals surface area contributed by atoms with Crippen LogP contribution in [0.2, 0.25) is 0 Å². The normalized spacial score (nSPS) is 13.5. The minimum atomic E-state index is -0.362. The van der Waals surface area contributed by atoms with Crippen LogP contribution in [0.4, 0.5) is 4.39 Å². The van der Waals surface area contributed by atoms with E-state index in [9.17, 15) is 4.39 Å². The monoisotopic (exact) mass is 281 g/mol. The Bertz CT molecular complexity index is 415. The summed E-state index contributed by atoms with van der Waals surface area (Å²) in [5.41, 5.74) is 1.42. The van der Waals surface area contributed by atoms with Gasteiger partial charge < -0.3 is 10.1 Å². The molecule has 0 amide bonds. The highest BCUT2D eigenvalue weighted by molar-refractivity contribution is 5.29. The van der Waals surface area contributed by atoms with Gasteiger partial charge in [-0.15, -0.1) is 0 Å². The topological polar surface area (TPSA) is 21.3 Å². The van der Waals surface area contributed by atoms with Crippen molar-refractivity contribution in [1.82, 2.24) is 5.32 Å². The summed E-state index contributed by atoms with van der Waals surface area (Å²) in [7, 11) is 0. The van der Waals surface area contributed by atoms with Crippen molar-refractivity contribution in [2.45, 2.75) is 59.1 Å². The van der Waals surface area contributed by atoms with E-state index in [0.29, 0.717) is 12.2 Å². The van der Waals surface area contributed by atoms with E-state index in [0.717, 1.165) is 24.9 Å². The SMILES string of the molecule is CCNC(c1cc(C)ccc1F)C(CC)(CC)OCC. The van der Waals surface area contributed by atoms with Crippen molar-refractivity contribution in [3.63, 3.8) is 0 Å². The average Bonchev–Trinajstić information content (AvgIpc) is 2.45. The van der Waals surface area contributed by atoms with Crippen LogP contribution in [-0.2, 0) is 4.74 Å². The summed E-state index contributed by atoms with van der Waals surface area (Å²) in [6.45, 7) is 11.7. The van der Waals surface area contributed by atoms with E-state index in [1.807, 2.05) is 32.9 Å². The third kappa shape index (κ3) is 3.58. The molecule has 0 aromatic heterocycles. The molecule has 0 bridgehead atoms. The Balaban J connectivity index is 3.29. The fourth-order valence-corrected chi connectivity index (χ4v) is 2.90. The average molecular weight is 281 g/mol. The molecule has 0 spiro atoms. The molecule has 1 aromatic carbocycles.